The molecule has 0 aromatic carbocycles. The topological polar surface area (TPSA) is 75.6 Å². The van der Waals surface area contributed by atoms with Crippen LogP contribution in [0, 0.1) is 5.41 Å². The Bertz CT molecular complexity index is 315. The van der Waals surface area contributed by atoms with Gasteiger partial charge in [0.2, 0.25) is 0 Å². The molecule has 1 aliphatic carbocycles. The van der Waals surface area contributed by atoms with Gasteiger partial charge in [-0.1, -0.05) is 13.3 Å². The number of hydrogen-bond donors (Lipinski definition) is 2. The van der Waals surface area contributed by atoms with Crippen LogP contribution in [0.4, 0.5) is 4.79 Å². The first-order chi connectivity index (χ1) is 7.64. The second-order valence-electron chi connectivity index (χ2n) is 5.93. The van der Waals surface area contributed by atoms with Gasteiger partial charge in [-0.2, -0.15) is 0 Å². The first-order valence-corrected chi connectivity index (χ1v) is 5.86. The lowest BCUT2D eigenvalue weighted by Gasteiger charge is -2.43. The molecule has 0 saturated heterocycles. The van der Waals surface area contributed by atoms with Crippen molar-refractivity contribution < 1.29 is 19.4 Å². The maximum atomic E-state index is 11.6. The number of alkyl carbamates (subject to hydrolysis) is 1. The molecule has 1 aliphatic rings. The van der Waals surface area contributed by atoms with Gasteiger partial charge in [-0.3, -0.25) is 0 Å². The molecule has 0 aromatic heterocycles. The van der Waals surface area contributed by atoms with Crippen molar-refractivity contribution >= 4 is 12.1 Å². The molecule has 0 heterocycles. The summed E-state index contributed by atoms with van der Waals surface area (Å²) in [5.41, 5.74) is -0.962. The van der Waals surface area contributed by atoms with Crippen molar-refractivity contribution in [2.45, 2.75) is 58.6 Å². The number of carbonyl (C=O) groups is 2. The highest BCUT2D eigenvalue weighted by molar-refractivity contribution is 5.81. The molecule has 5 nitrogen and oxygen atoms in total. The molecule has 1 saturated carbocycles. The Kier molecular flexibility index (Phi) is 3.69. The normalized spacial score (nSPS) is 20.0. The van der Waals surface area contributed by atoms with Crippen LogP contribution >= 0.6 is 0 Å². The van der Waals surface area contributed by atoms with E-state index in [1.807, 2.05) is 6.92 Å². The Labute approximate surface area is 102 Å². The zero-order valence-corrected chi connectivity index (χ0v) is 10.9. The number of aliphatic carboxylic acids is 1. The predicted molar refractivity (Wildman–Crippen MR) is 62.8 cm³/mol. The monoisotopic (exact) mass is 243 g/mol. The van der Waals surface area contributed by atoms with Crippen LogP contribution < -0.4 is 5.32 Å². The van der Waals surface area contributed by atoms with Crippen molar-refractivity contribution in [3.63, 3.8) is 0 Å². The van der Waals surface area contributed by atoms with Gasteiger partial charge in [-0.25, -0.2) is 9.59 Å². The summed E-state index contributed by atoms with van der Waals surface area (Å²) in [6.07, 6.45) is 1.98. The van der Waals surface area contributed by atoms with E-state index >= 15 is 0 Å². The summed E-state index contributed by atoms with van der Waals surface area (Å²) in [5, 5.41) is 11.6. The SMILES string of the molecule is CC(C)(C)OC(=O)N[C@H](C(=O)O)C1(C)CCC1. The van der Waals surface area contributed by atoms with E-state index < -0.39 is 23.7 Å². The lowest BCUT2D eigenvalue weighted by molar-refractivity contribution is -0.145. The van der Waals surface area contributed by atoms with E-state index in [9.17, 15) is 9.59 Å². The van der Waals surface area contributed by atoms with Crippen molar-refractivity contribution in [2.24, 2.45) is 5.41 Å². The highest BCUT2D eigenvalue weighted by Crippen LogP contribution is 2.43. The molecule has 0 radical (unpaired) electrons. The number of amides is 1. The number of ether oxygens (including phenoxy) is 1. The zero-order chi connectivity index (χ0) is 13.3. The number of carboxylic acids is 1. The summed E-state index contributed by atoms with van der Waals surface area (Å²) in [7, 11) is 0. The van der Waals surface area contributed by atoms with Gasteiger partial charge in [0.15, 0.2) is 0 Å². The van der Waals surface area contributed by atoms with Crippen molar-refractivity contribution in [1.29, 1.82) is 0 Å². The van der Waals surface area contributed by atoms with Crippen LogP contribution in [0.2, 0.25) is 0 Å². The molecule has 1 amide bonds. The minimum absolute atomic E-state index is 0.345. The van der Waals surface area contributed by atoms with E-state index in [1.165, 1.54) is 0 Å². The predicted octanol–water partition coefficient (Wildman–Crippen LogP) is 2.15. The Balaban J connectivity index is 2.62. The summed E-state index contributed by atoms with van der Waals surface area (Å²) in [4.78, 5) is 22.7. The van der Waals surface area contributed by atoms with E-state index in [1.54, 1.807) is 20.8 Å². The molecule has 0 bridgehead atoms. The molecule has 2 N–H and O–H groups in total. The van der Waals surface area contributed by atoms with Crippen molar-refractivity contribution in [3.8, 4) is 0 Å². The maximum absolute atomic E-state index is 11.6. The van der Waals surface area contributed by atoms with Crippen LogP contribution in [0.5, 0.6) is 0 Å². The third kappa shape index (κ3) is 3.61. The average Bonchev–Trinajstić information content (AvgIpc) is 2.07. The molecule has 1 fully saturated rings. The van der Waals surface area contributed by atoms with Gasteiger partial charge in [-0.05, 0) is 39.0 Å². The number of hydrogen-bond acceptors (Lipinski definition) is 3. The molecule has 1 rings (SSSR count). The van der Waals surface area contributed by atoms with Crippen molar-refractivity contribution in [1.82, 2.24) is 5.32 Å². The van der Waals surface area contributed by atoms with Crippen LogP contribution in [-0.2, 0) is 9.53 Å². The molecule has 5 heteroatoms. The fourth-order valence-corrected chi connectivity index (χ4v) is 1.98. The Morgan fingerprint density at radius 2 is 1.88 bits per heavy atom. The molecular formula is C12H21NO4. The van der Waals surface area contributed by atoms with Crippen LogP contribution in [0.1, 0.15) is 47.0 Å². The summed E-state index contributed by atoms with van der Waals surface area (Å²) in [5.74, 6) is -1.00. The first kappa shape index (κ1) is 13.8. The number of rotatable bonds is 3. The minimum atomic E-state index is -1.00. The largest absolute Gasteiger partial charge is 0.480 e. The zero-order valence-electron chi connectivity index (χ0n) is 10.9. The second kappa shape index (κ2) is 4.55. The highest BCUT2D eigenvalue weighted by Gasteiger charge is 2.45. The van der Waals surface area contributed by atoms with Crippen LogP contribution in [0.15, 0.2) is 0 Å². The van der Waals surface area contributed by atoms with E-state index in [4.69, 9.17) is 9.84 Å². The quantitative estimate of drug-likeness (QED) is 0.796. The third-order valence-corrected chi connectivity index (χ3v) is 3.10. The van der Waals surface area contributed by atoms with Gasteiger partial charge in [0.1, 0.15) is 11.6 Å². The van der Waals surface area contributed by atoms with Gasteiger partial charge >= 0.3 is 12.1 Å². The van der Waals surface area contributed by atoms with Gasteiger partial charge < -0.3 is 15.2 Å². The molecule has 17 heavy (non-hydrogen) atoms. The van der Waals surface area contributed by atoms with E-state index in [-0.39, 0.29) is 5.41 Å². The molecule has 0 spiro atoms. The van der Waals surface area contributed by atoms with Crippen molar-refractivity contribution in [3.05, 3.63) is 0 Å². The van der Waals surface area contributed by atoms with E-state index in [0.29, 0.717) is 0 Å². The van der Waals surface area contributed by atoms with E-state index in [2.05, 4.69) is 5.32 Å². The van der Waals surface area contributed by atoms with Crippen molar-refractivity contribution in [2.75, 3.05) is 0 Å². The fourth-order valence-electron chi connectivity index (χ4n) is 1.98. The molecule has 1 atom stereocenters. The Morgan fingerprint density at radius 1 is 1.35 bits per heavy atom. The molecule has 0 unspecified atom stereocenters. The maximum Gasteiger partial charge on any atom is 0.408 e. The molecule has 0 aliphatic heterocycles. The molecular weight excluding hydrogens is 222 g/mol. The second-order valence-corrected chi connectivity index (χ2v) is 5.93. The van der Waals surface area contributed by atoms with Gasteiger partial charge in [0.05, 0.1) is 0 Å². The smallest absolute Gasteiger partial charge is 0.408 e. The molecule has 98 valence electrons. The van der Waals surface area contributed by atoms with Gasteiger partial charge in [0.25, 0.3) is 0 Å². The fraction of sp³-hybridized carbons (Fsp3) is 0.833. The lowest BCUT2D eigenvalue weighted by Crippen LogP contribution is -2.55. The van der Waals surface area contributed by atoms with Crippen LogP contribution in [0.3, 0.4) is 0 Å². The first-order valence-electron chi connectivity index (χ1n) is 5.86. The number of nitrogens with one attached hydrogen (secondary N) is 1. The molecule has 0 aromatic rings. The van der Waals surface area contributed by atoms with Crippen LogP contribution in [0.25, 0.3) is 0 Å². The number of carboxylic acid groups (broad SMARTS) is 1. The summed E-state index contributed by atoms with van der Waals surface area (Å²) in [6, 6.07) is -0.869. The minimum Gasteiger partial charge on any atom is -0.480 e. The summed E-state index contributed by atoms with van der Waals surface area (Å²) >= 11 is 0. The highest BCUT2D eigenvalue weighted by atomic mass is 16.6. The van der Waals surface area contributed by atoms with Gasteiger partial charge in [0, 0.05) is 0 Å². The van der Waals surface area contributed by atoms with Gasteiger partial charge in [-0.15, -0.1) is 0 Å². The Hall–Kier alpha value is -1.26. The third-order valence-electron chi connectivity index (χ3n) is 3.10. The summed E-state index contributed by atoms with van der Waals surface area (Å²) < 4.78 is 5.07. The standard InChI is InChI=1S/C12H21NO4/c1-11(2,3)17-10(16)13-8(9(14)15)12(4)6-5-7-12/h8H,5-7H2,1-4H3,(H,13,16)(H,14,15)/t8-/m1/s1. The summed E-state index contributed by atoms with van der Waals surface area (Å²) in [6.45, 7) is 7.11. The Morgan fingerprint density at radius 3 is 2.18 bits per heavy atom. The van der Waals surface area contributed by atoms with Crippen LogP contribution in [-0.4, -0.2) is 28.8 Å². The number of carbonyl (C=O) groups excluding carboxylic acids is 1. The van der Waals surface area contributed by atoms with E-state index in [0.717, 1.165) is 19.3 Å². The average molecular weight is 243 g/mol. The lowest BCUT2D eigenvalue weighted by atomic mass is 9.65.